The fourth-order valence-corrected chi connectivity index (χ4v) is 6.20. The predicted molar refractivity (Wildman–Crippen MR) is 228 cm³/mol. The normalized spacial score (nSPS) is 22.0. The van der Waals surface area contributed by atoms with Gasteiger partial charge in [-0.2, -0.15) is 0 Å². The highest BCUT2D eigenvalue weighted by Crippen LogP contribution is 2.15. The van der Waals surface area contributed by atoms with E-state index in [1.807, 2.05) is 0 Å². The van der Waals surface area contributed by atoms with Gasteiger partial charge in [0.15, 0.2) is 0 Å². The highest BCUT2D eigenvalue weighted by molar-refractivity contribution is 6.02. The second-order valence-electron chi connectivity index (χ2n) is 15.4. The number of carbonyl (C=O) groups excluding carboxylic acids is 8. The van der Waals surface area contributed by atoms with Gasteiger partial charge in [0.25, 0.3) is 5.91 Å². The van der Waals surface area contributed by atoms with E-state index in [1.54, 1.807) is 64.1 Å². The summed E-state index contributed by atoms with van der Waals surface area (Å²) >= 11 is 0. The van der Waals surface area contributed by atoms with Gasteiger partial charge in [-0.3, -0.25) is 38.4 Å². The number of aromatic hydroxyl groups is 1. The molecular formula is C44H57N7O12. The Balaban J connectivity index is 2.09. The van der Waals surface area contributed by atoms with Gasteiger partial charge in [-0.15, -0.1) is 0 Å². The topological polar surface area (TPSA) is 288 Å². The van der Waals surface area contributed by atoms with Crippen LogP contribution in [0.4, 0.5) is 0 Å². The van der Waals surface area contributed by atoms with Crippen molar-refractivity contribution in [2.45, 2.75) is 117 Å². The van der Waals surface area contributed by atoms with Crippen LogP contribution in [0.1, 0.15) is 72.4 Å². The highest BCUT2D eigenvalue weighted by atomic mass is 16.5. The van der Waals surface area contributed by atoms with Crippen LogP contribution in [0.5, 0.6) is 5.75 Å². The zero-order valence-corrected chi connectivity index (χ0v) is 36.3. The SMILES string of the molecule is C/C=C1\NC(=O)[C@H](C)NC(=O)[C@@H](NC(=O)[C@H](Cc2ccc(O)cc2)NC(=O)[C@@H](NC(=O)/C(C)=C/C)C(C)C)[C@@H](C)OC(=O)[C@H](Cc2ccccc2)NC(=O)[C@H](CCC(=O)O)NC1=O. The number of nitrogens with one attached hydrogen (secondary N) is 7. The fourth-order valence-electron chi connectivity index (χ4n) is 6.20. The molecule has 2 aromatic rings. The Hall–Kier alpha value is -7.05. The first-order valence-electron chi connectivity index (χ1n) is 20.4. The first kappa shape index (κ1) is 50.3. The van der Waals surface area contributed by atoms with Crippen molar-refractivity contribution in [3.8, 4) is 5.75 Å². The molecule has 0 aliphatic carbocycles. The Morgan fingerprint density at radius 1 is 0.810 bits per heavy atom. The maximum Gasteiger partial charge on any atom is 0.329 e. The zero-order valence-electron chi connectivity index (χ0n) is 36.3. The molecule has 0 spiro atoms. The van der Waals surface area contributed by atoms with E-state index in [-0.39, 0.29) is 24.3 Å². The molecule has 1 fully saturated rings. The fraction of sp³-hybridized carbons (Fsp3) is 0.432. The molecule has 2 aromatic carbocycles. The van der Waals surface area contributed by atoms with Crippen LogP contribution in [0.2, 0.25) is 0 Å². The van der Waals surface area contributed by atoms with Crippen molar-refractivity contribution in [3.05, 3.63) is 89.1 Å². The number of amides is 7. The number of esters is 1. The summed E-state index contributed by atoms with van der Waals surface area (Å²) in [4.78, 5) is 121. The number of carboxylic acid groups (broad SMARTS) is 1. The van der Waals surface area contributed by atoms with E-state index in [2.05, 4.69) is 37.2 Å². The summed E-state index contributed by atoms with van der Waals surface area (Å²) in [5, 5.41) is 36.9. The number of phenolic OH excluding ortho intramolecular Hbond substituents is 1. The van der Waals surface area contributed by atoms with Crippen molar-refractivity contribution in [2.75, 3.05) is 0 Å². The third kappa shape index (κ3) is 15.4. The van der Waals surface area contributed by atoms with Crippen molar-refractivity contribution < 1.29 is 58.1 Å². The second-order valence-corrected chi connectivity index (χ2v) is 15.4. The molecule has 1 aliphatic rings. The maximum absolute atomic E-state index is 14.4. The van der Waals surface area contributed by atoms with Crippen molar-refractivity contribution in [3.63, 3.8) is 0 Å². The maximum atomic E-state index is 14.4. The standard InChI is InChI=1S/C44H57N7O12/c1-8-24(5)37(55)50-35(23(3)4)42(60)48-32(21-28-15-17-29(52)18-16-28)41(59)51-36-26(7)63-44(62)33(22-27-13-11-10-12-14-27)49-40(58)31(19-20-34(53)54)47-39(57)30(9-2)46-38(56)25(6)45-43(36)61/h8-18,23,25-26,31-33,35-36,52H,19-22H2,1-7H3,(H,45,61)(H,46,56)(H,47,57)(H,48,60)(H,49,58)(H,50,55)(H,51,59)(H,53,54)/b24-8+,30-9-/t25-,26+,31-,32-,33-,35-,36-/m0/s1. The number of benzene rings is 2. The molecule has 1 saturated heterocycles. The molecule has 0 aromatic heterocycles. The number of phenols is 1. The quantitative estimate of drug-likeness (QED) is 0.0930. The van der Waals surface area contributed by atoms with Crippen LogP contribution < -0.4 is 37.2 Å². The van der Waals surface area contributed by atoms with Gasteiger partial charge in [-0.05, 0) is 70.2 Å². The van der Waals surface area contributed by atoms with E-state index in [0.717, 1.165) is 0 Å². The van der Waals surface area contributed by atoms with Gasteiger partial charge < -0.3 is 52.2 Å². The number of hydrogen-bond donors (Lipinski definition) is 9. The minimum Gasteiger partial charge on any atom is -0.508 e. The van der Waals surface area contributed by atoms with Crippen LogP contribution in [0.25, 0.3) is 0 Å². The van der Waals surface area contributed by atoms with E-state index < -0.39 is 114 Å². The van der Waals surface area contributed by atoms with Crippen LogP contribution in [0, 0.1) is 5.92 Å². The Kier molecular flexibility index (Phi) is 19.0. The van der Waals surface area contributed by atoms with Gasteiger partial charge in [-0.25, -0.2) is 4.79 Å². The molecule has 0 unspecified atom stereocenters. The van der Waals surface area contributed by atoms with Crippen LogP contribution >= 0.6 is 0 Å². The van der Waals surface area contributed by atoms with Crippen molar-refractivity contribution in [1.29, 1.82) is 0 Å². The number of hydrogen-bond acceptors (Lipinski definition) is 11. The molecule has 19 nitrogen and oxygen atoms in total. The number of carbonyl (C=O) groups is 9. The summed E-state index contributed by atoms with van der Waals surface area (Å²) in [6, 6.07) is 5.51. The Bertz CT molecular complexity index is 2070. The lowest BCUT2D eigenvalue weighted by Crippen LogP contribution is -2.62. The van der Waals surface area contributed by atoms with Gasteiger partial charge in [0.1, 0.15) is 53.8 Å². The molecular weight excluding hydrogens is 819 g/mol. The van der Waals surface area contributed by atoms with E-state index in [9.17, 15) is 53.4 Å². The Labute approximate surface area is 365 Å². The summed E-state index contributed by atoms with van der Waals surface area (Å²) in [6.07, 6.45) is -0.0327. The number of ether oxygens (including phenoxy) is 1. The summed E-state index contributed by atoms with van der Waals surface area (Å²) in [6.45, 7) is 10.6. The van der Waals surface area contributed by atoms with Crippen LogP contribution in [-0.2, 0) is 60.7 Å². The largest absolute Gasteiger partial charge is 0.508 e. The Morgan fingerprint density at radius 2 is 1.46 bits per heavy atom. The number of carboxylic acids is 1. The average Bonchev–Trinajstić information content (AvgIpc) is 3.24. The predicted octanol–water partition coefficient (Wildman–Crippen LogP) is 0.558. The molecule has 7 atom stereocenters. The molecule has 19 heteroatoms. The van der Waals surface area contributed by atoms with Gasteiger partial charge in [-0.1, -0.05) is 68.5 Å². The van der Waals surface area contributed by atoms with E-state index in [1.165, 1.54) is 51.1 Å². The minimum atomic E-state index is -1.76. The molecule has 340 valence electrons. The number of aliphatic carboxylic acids is 1. The van der Waals surface area contributed by atoms with Crippen LogP contribution in [0.15, 0.2) is 78.0 Å². The smallest absolute Gasteiger partial charge is 0.329 e. The van der Waals surface area contributed by atoms with Crippen LogP contribution in [0.3, 0.4) is 0 Å². The average molecular weight is 876 g/mol. The minimum absolute atomic E-state index is 0.0676. The molecule has 3 rings (SSSR count). The monoisotopic (exact) mass is 875 g/mol. The molecule has 1 heterocycles. The van der Waals surface area contributed by atoms with E-state index >= 15 is 0 Å². The lowest BCUT2D eigenvalue weighted by Gasteiger charge is -2.30. The van der Waals surface area contributed by atoms with Crippen molar-refractivity contribution in [2.24, 2.45) is 5.92 Å². The van der Waals surface area contributed by atoms with Gasteiger partial charge in [0.2, 0.25) is 35.4 Å². The molecule has 0 bridgehead atoms. The number of allylic oxidation sites excluding steroid dienone is 2. The molecule has 63 heavy (non-hydrogen) atoms. The molecule has 7 amide bonds. The third-order valence-corrected chi connectivity index (χ3v) is 10.1. The summed E-state index contributed by atoms with van der Waals surface area (Å²) in [5.41, 5.74) is 1.04. The van der Waals surface area contributed by atoms with Crippen molar-refractivity contribution in [1.82, 2.24) is 37.2 Å². The van der Waals surface area contributed by atoms with E-state index in [0.29, 0.717) is 16.7 Å². The van der Waals surface area contributed by atoms with Gasteiger partial charge in [0, 0.05) is 24.8 Å². The lowest BCUT2D eigenvalue weighted by molar-refractivity contribution is -0.156. The second kappa shape index (κ2) is 23.8. The summed E-state index contributed by atoms with van der Waals surface area (Å²) < 4.78 is 5.77. The highest BCUT2D eigenvalue weighted by Gasteiger charge is 2.38. The summed E-state index contributed by atoms with van der Waals surface area (Å²) in [7, 11) is 0. The molecule has 0 radical (unpaired) electrons. The van der Waals surface area contributed by atoms with E-state index in [4.69, 9.17) is 4.74 Å². The van der Waals surface area contributed by atoms with Gasteiger partial charge >= 0.3 is 11.9 Å². The summed E-state index contributed by atoms with van der Waals surface area (Å²) in [5.74, 6) is -8.93. The third-order valence-electron chi connectivity index (χ3n) is 10.1. The lowest BCUT2D eigenvalue weighted by atomic mass is 10.00. The molecule has 9 N–H and O–H groups in total. The zero-order chi connectivity index (χ0) is 47.0. The first-order valence-corrected chi connectivity index (χ1v) is 20.4. The number of cyclic esters (lactones) is 1. The molecule has 1 aliphatic heterocycles. The van der Waals surface area contributed by atoms with Gasteiger partial charge in [0.05, 0.1) is 0 Å². The first-order chi connectivity index (χ1) is 29.7. The van der Waals surface area contributed by atoms with Crippen LogP contribution in [-0.4, -0.2) is 106 Å². The molecule has 0 saturated carbocycles. The van der Waals surface area contributed by atoms with Crippen molar-refractivity contribution >= 4 is 53.3 Å². The Morgan fingerprint density at radius 3 is 2.05 bits per heavy atom. The number of rotatable bonds is 14.